The molecule has 1 amide bonds. The van der Waals surface area contributed by atoms with Gasteiger partial charge in [-0.3, -0.25) is 14.2 Å². The van der Waals surface area contributed by atoms with E-state index < -0.39 is 0 Å². The number of benzene rings is 2. The van der Waals surface area contributed by atoms with E-state index in [1.54, 1.807) is 23.1 Å². The van der Waals surface area contributed by atoms with Crippen LogP contribution in [-0.2, 0) is 11.3 Å². The number of carbonyl (C=O) groups excluding carboxylic acids is 1. The van der Waals surface area contributed by atoms with Crippen molar-refractivity contribution >= 4 is 16.8 Å². The first-order chi connectivity index (χ1) is 16.5. The summed E-state index contributed by atoms with van der Waals surface area (Å²) in [5, 5.41) is 7.54. The van der Waals surface area contributed by atoms with Gasteiger partial charge in [-0.2, -0.15) is 5.10 Å². The predicted octanol–water partition coefficient (Wildman–Crippen LogP) is 2.65. The van der Waals surface area contributed by atoms with Crippen molar-refractivity contribution in [3.63, 3.8) is 0 Å². The summed E-state index contributed by atoms with van der Waals surface area (Å²) in [7, 11) is 3.05. The van der Waals surface area contributed by atoms with Crippen molar-refractivity contribution in [3.8, 4) is 17.2 Å². The van der Waals surface area contributed by atoms with Gasteiger partial charge in [0.25, 0.3) is 5.56 Å². The van der Waals surface area contributed by atoms with Gasteiger partial charge >= 0.3 is 0 Å². The van der Waals surface area contributed by atoms with Crippen LogP contribution >= 0.6 is 0 Å². The van der Waals surface area contributed by atoms with E-state index in [4.69, 9.17) is 9.47 Å². The van der Waals surface area contributed by atoms with Crippen molar-refractivity contribution in [1.29, 1.82) is 0 Å². The smallest absolute Gasteiger partial charge is 0.261 e. The number of aryl methyl sites for hydroxylation is 1. The van der Waals surface area contributed by atoms with Gasteiger partial charge in [-0.15, -0.1) is 0 Å². The van der Waals surface area contributed by atoms with Crippen LogP contribution in [0.3, 0.4) is 0 Å². The van der Waals surface area contributed by atoms with E-state index in [9.17, 15) is 9.59 Å². The second-order valence-electron chi connectivity index (χ2n) is 7.79. The van der Waals surface area contributed by atoms with Gasteiger partial charge in [-0.05, 0) is 37.1 Å². The lowest BCUT2D eigenvalue weighted by atomic mass is 10.1. The second kappa shape index (κ2) is 10.2. The molecule has 0 aliphatic carbocycles. The van der Waals surface area contributed by atoms with E-state index in [2.05, 4.69) is 20.4 Å². The summed E-state index contributed by atoms with van der Waals surface area (Å²) in [5.41, 5.74) is 2.22. The minimum atomic E-state index is -0.188. The van der Waals surface area contributed by atoms with Crippen molar-refractivity contribution in [2.24, 2.45) is 0 Å². The van der Waals surface area contributed by atoms with Crippen molar-refractivity contribution in [2.75, 3.05) is 14.2 Å². The molecule has 2 heterocycles. The van der Waals surface area contributed by atoms with Crippen LogP contribution in [0.5, 0.6) is 11.5 Å². The molecule has 0 fully saturated rings. The van der Waals surface area contributed by atoms with E-state index in [0.717, 1.165) is 11.3 Å². The Balaban J connectivity index is 1.34. The summed E-state index contributed by atoms with van der Waals surface area (Å²) in [6.45, 7) is 2.31. The number of amides is 1. The van der Waals surface area contributed by atoms with Crippen LogP contribution in [0.1, 0.15) is 31.4 Å². The number of rotatable bonds is 9. The number of aromatic nitrogens is 5. The van der Waals surface area contributed by atoms with Crippen LogP contribution in [0.15, 0.2) is 60.2 Å². The largest absolute Gasteiger partial charge is 0.493 e. The van der Waals surface area contributed by atoms with Crippen molar-refractivity contribution in [2.45, 2.75) is 32.4 Å². The fourth-order valence-corrected chi connectivity index (χ4v) is 3.71. The molecule has 4 aromatic rings. The lowest BCUT2D eigenvalue weighted by molar-refractivity contribution is -0.121. The number of hydrogen-bond donors (Lipinski definition) is 1. The highest BCUT2D eigenvalue weighted by atomic mass is 16.5. The van der Waals surface area contributed by atoms with Crippen molar-refractivity contribution < 1.29 is 14.3 Å². The van der Waals surface area contributed by atoms with Gasteiger partial charge in [0.05, 0.1) is 43.2 Å². The first-order valence-electron chi connectivity index (χ1n) is 10.9. The first kappa shape index (κ1) is 23.0. The molecule has 2 aromatic heterocycles. The number of carbonyl (C=O) groups is 1. The maximum atomic E-state index is 12.9. The van der Waals surface area contributed by atoms with E-state index in [-0.39, 0.29) is 23.9 Å². The van der Waals surface area contributed by atoms with Gasteiger partial charge in [0, 0.05) is 19.0 Å². The average molecular weight is 463 g/mol. The average Bonchev–Trinajstić information content (AvgIpc) is 3.40. The number of hydrogen-bond acceptors (Lipinski definition) is 7. The lowest BCUT2D eigenvalue weighted by Crippen LogP contribution is -2.27. The number of ether oxygens (including phenoxy) is 2. The van der Waals surface area contributed by atoms with Crippen LogP contribution in [-0.4, -0.2) is 44.4 Å². The quantitative estimate of drug-likeness (QED) is 0.407. The molecule has 0 saturated heterocycles. The first-order valence-corrected chi connectivity index (χ1v) is 10.9. The van der Waals surface area contributed by atoms with Crippen LogP contribution in [0.25, 0.3) is 16.6 Å². The van der Waals surface area contributed by atoms with Gasteiger partial charge in [-0.25, -0.2) is 14.6 Å². The topological polar surface area (TPSA) is 113 Å². The molecule has 0 unspecified atom stereocenters. The Kier molecular flexibility index (Phi) is 6.86. The number of fused-ring (bicyclic) bond motifs is 1. The van der Waals surface area contributed by atoms with Crippen LogP contribution in [0, 0.1) is 0 Å². The van der Waals surface area contributed by atoms with Crippen LogP contribution in [0.4, 0.5) is 0 Å². The third-order valence-electron chi connectivity index (χ3n) is 5.59. The predicted molar refractivity (Wildman–Crippen MR) is 126 cm³/mol. The maximum Gasteiger partial charge on any atom is 0.261 e. The maximum absolute atomic E-state index is 12.9. The van der Waals surface area contributed by atoms with Gasteiger partial charge in [0.1, 0.15) is 12.7 Å². The Morgan fingerprint density at radius 3 is 2.50 bits per heavy atom. The summed E-state index contributed by atoms with van der Waals surface area (Å²) in [4.78, 5) is 33.6. The molecule has 10 heteroatoms. The highest BCUT2D eigenvalue weighted by Gasteiger charge is 2.13. The van der Waals surface area contributed by atoms with E-state index in [1.807, 2.05) is 31.2 Å². The fraction of sp³-hybridized carbons (Fsp3) is 0.292. The summed E-state index contributed by atoms with van der Waals surface area (Å²) < 4.78 is 13.7. The third kappa shape index (κ3) is 4.90. The van der Waals surface area contributed by atoms with Gasteiger partial charge in [0.15, 0.2) is 11.5 Å². The summed E-state index contributed by atoms with van der Waals surface area (Å²) in [6, 6.07) is 10.9. The van der Waals surface area contributed by atoms with E-state index in [1.165, 1.54) is 31.4 Å². The Morgan fingerprint density at radius 2 is 1.82 bits per heavy atom. The highest BCUT2D eigenvalue weighted by Crippen LogP contribution is 2.29. The summed E-state index contributed by atoms with van der Waals surface area (Å²) >= 11 is 0. The standard InChI is InChI=1S/C24H26N6O4/c1-16(17-6-8-18(9-7-17)30-14-25-13-27-30)28-23(31)5-4-10-29-15-26-20-12-22(34-3)21(33-2)11-19(20)24(29)32/h6-9,11-16H,4-5,10H2,1-3H3,(H,28,31)/t16-/m1/s1. The minimum absolute atomic E-state index is 0.0824. The third-order valence-corrected chi connectivity index (χ3v) is 5.59. The molecule has 0 spiro atoms. The molecule has 0 aliphatic heterocycles. The zero-order chi connectivity index (χ0) is 24.1. The number of nitrogens with zero attached hydrogens (tertiary/aromatic N) is 5. The number of methoxy groups -OCH3 is 2. The van der Waals surface area contributed by atoms with Gasteiger partial charge in [0.2, 0.25) is 5.91 Å². The van der Waals surface area contributed by atoms with Gasteiger partial charge in [-0.1, -0.05) is 12.1 Å². The van der Waals surface area contributed by atoms with Crippen molar-refractivity contribution in [3.05, 3.63) is 71.3 Å². The molecule has 1 atom stereocenters. The summed E-state index contributed by atoms with van der Waals surface area (Å²) in [6.07, 6.45) is 5.40. The Morgan fingerprint density at radius 1 is 1.09 bits per heavy atom. The van der Waals surface area contributed by atoms with Crippen LogP contribution < -0.4 is 20.3 Å². The molecule has 0 saturated carbocycles. The zero-order valence-electron chi connectivity index (χ0n) is 19.3. The van der Waals surface area contributed by atoms with Crippen LogP contribution in [0.2, 0.25) is 0 Å². The Bertz CT molecular complexity index is 1330. The SMILES string of the molecule is COc1cc2ncn(CCCC(=O)N[C@H](C)c3ccc(-n4cncn4)cc3)c(=O)c2cc1OC. The Labute approximate surface area is 196 Å². The molecule has 2 aromatic carbocycles. The minimum Gasteiger partial charge on any atom is -0.493 e. The molecule has 176 valence electrons. The van der Waals surface area contributed by atoms with E-state index in [0.29, 0.717) is 35.4 Å². The lowest BCUT2D eigenvalue weighted by Gasteiger charge is -2.15. The monoisotopic (exact) mass is 462 g/mol. The highest BCUT2D eigenvalue weighted by molar-refractivity contribution is 5.81. The van der Waals surface area contributed by atoms with Crippen molar-refractivity contribution in [1.82, 2.24) is 29.6 Å². The molecule has 10 nitrogen and oxygen atoms in total. The normalized spacial score (nSPS) is 11.9. The molecule has 0 aliphatic rings. The fourth-order valence-electron chi connectivity index (χ4n) is 3.71. The second-order valence-corrected chi connectivity index (χ2v) is 7.79. The molecule has 1 N–H and O–H groups in total. The Hall–Kier alpha value is -4.21. The summed E-state index contributed by atoms with van der Waals surface area (Å²) in [5.74, 6) is 0.897. The molecule has 0 radical (unpaired) electrons. The van der Waals surface area contributed by atoms with E-state index >= 15 is 0 Å². The molecule has 0 bridgehead atoms. The molecular weight excluding hydrogens is 436 g/mol. The zero-order valence-corrected chi connectivity index (χ0v) is 19.3. The molecule has 34 heavy (non-hydrogen) atoms. The number of nitrogens with one attached hydrogen (secondary N) is 1. The van der Waals surface area contributed by atoms with Gasteiger partial charge < -0.3 is 14.8 Å². The molecular formula is C24H26N6O4. The molecule has 4 rings (SSSR count).